The average molecular weight is 358 g/mol. The van der Waals surface area contributed by atoms with E-state index in [4.69, 9.17) is 11.6 Å². The molecular weight excluding hydrogens is 345 g/mol. The summed E-state index contributed by atoms with van der Waals surface area (Å²) in [4.78, 5) is 12.0. The highest BCUT2D eigenvalue weighted by Crippen LogP contribution is 2.21. The van der Waals surface area contributed by atoms with Gasteiger partial charge in [0.2, 0.25) is 5.91 Å². The summed E-state index contributed by atoms with van der Waals surface area (Å²) in [5.41, 5.74) is 0.636. The molecule has 3 rings (SSSR count). The molecule has 9 heteroatoms. The lowest BCUT2D eigenvalue weighted by atomic mass is 10.2. The molecule has 0 aliphatic carbocycles. The van der Waals surface area contributed by atoms with Gasteiger partial charge in [0, 0.05) is 6.07 Å². The van der Waals surface area contributed by atoms with E-state index in [1.165, 1.54) is 23.0 Å². The Morgan fingerprint density at radius 2 is 2.13 bits per heavy atom. The summed E-state index contributed by atoms with van der Waals surface area (Å²) in [7, 11) is -3.06. The summed E-state index contributed by atoms with van der Waals surface area (Å²) in [6, 6.07) is 6.01. The van der Waals surface area contributed by atoms with Gasteiger partial charge in [0.1, 0.15) is 11.6 Å². The van der Waals surface area contributed by atoms with Crippen LogP contribution in [0.15, 0.2) is 30.5 Å². The molecule has 1 aliphatic heterocycles. The SMILES string of the molecule is O=C(Nc1ccnn1Cc1ccc(Cl)c(F)c1)C1CS(=O)(=O)C1. The molecule has 1 aliphatic rings. The number of hydrogen-bond acceptors (Lipinski definition) is 4. The molecule has 23 heavy (non-hydrogen) atoms. The van der Waals surface area contributed by atoms with Gasteiger partial charge in [-0.1, -0.05) is 17.7 Å². The van der Waals surface area contributed by atoms with Crippen molar-refractivity contribution in [2.45, 2.75) is 6.54 Å². The number of nitrogens with one attached hydrogen (secondary N) is 1. The summed E-state index contributed by atoms with van der Waals surface area (Å²) in [6.07, 6.45) is 1.50. The lowest BCUT2D eigenvalue weighted by Crippen LogP contribution is -2.44. The number of amides is 1. The van der Waals surface area contributed by atoms with Crippen LogP contribution in [0, 0.1) is 11.7 Å². The minimum Gasteiger partial charge on any atom is -0.311 e. The molecule has 0 saturated carbocycles. The number of anilines is 1. The topological polar surface area (TPSA) is 81.1 Å². The first kappa shape index (κ1) is 15.9. The number of halogens is 2. The van der Waals surface area contributed by atoms with Crippen LogP contribution in [0.5, 0.6) is 0 Å². The molecule has 1 amide bonds. The van der Waals surface area contributed by atoms with Crippen LogP contribution in [-0.4, -0.2) is 35.6 Å². The Kier molecular flexibility index (Phi) is 4.11. The van der Waals surface area contributed by atoms with E-state index in [9.17, 15) is 17.6 Å². The van der Waals surface area contributed by atoms with E-state index in [1.807, 2.05) is 0 Å². The van der Waals surface area contributed by atoms with Crippen LogP contribution in [0.2, 0.25) is 5.02 Å². The third kappa shape index (κ3) is 3.53. The molecule has 0 unspecified atom stereocenters. The molecule has 2 heterocycles. The quantitative estimate of drug-likeness (QED) is 0.903. The Bertz CT molecular complexity index is 854. The Balaban J connectivity index is 1.70. The zero-order valence-electron chi connectivity index (χ0n) is 11.9. The van der Waals surface area contributed by atoms with Crippen molar-refractivity contribution in [2.24, 2.45) is 5.92 Å². The molecule has 122 valence electrons. The highest BCUT2D eigenvalue weighted by Gasteiger charge is 2.38. The van der Waals surface area contributed by atoms with Crippen molar-refractivity contribution in [1.29, 1.82) is 0 Å². The minimum absolute atomic E-state index is 0.0361. The molecular formula is C14H13ClFN3O3S. The summed E-state index contributed by atoms with van der Waals surface area (Å²) in [5, 5.41) is 6.77. The molecule has 1 saturated heterocycles. The maximum absolute atomic E-state index is 13.5. The summed E-state index contributed by atoms with van der Waals surface area (Å²) < 4.78 is 37.2. The first-order valence-electron chi connectivity index (χ1n) is 6.81. The molecule has 2 aromatic rings. The first-order valence-corrected chi connectivity index (χ1v) is 9.01. The van der Waals surface area contributed by atoms with Gasteiger partial charge >= 0.3 is 0 Å². The number of carbonyl (C=O) groups excluding carboxylic acids is 1. The number of benzene rings is 1. The van der Waals surface area contributed by atoms with E-state index in [0.29, 0.717) is 11.4 Å². The molecule has 1 aromatic heterocycles. The van der Waals surface area contributed by atoms with Crippen LogP contribution in [0.25, 0.3) is 0 Å². The molecule has 0 bridgehead atoms. The van der Waals surface area contributed by atoms with E-state index in [-0.39, 0.29) is 29.0 Å². The zero-order valence-corrected chi connectivity index (χ0v) is 13.4. The molecule has 1 fully saturated rings. The second-order valence-electron chi connectivity index (χ2n) is 5.39. The highest BCUT2D eigenvalue weighted by molar-refractivity contribution is 7.92. The Hall–Kier alpha value is -1.93. The number of sulfone groups is 1. The zero-order chi connectivity index (χ0) is 16.6. The fraction of sp³-hybridized carbons (Fsp3) is 0.286. The molecule has 0 radical (unpaired) electrons. The normalized spacial score (nSPS) is 16.8. The second kappa shape index (κ2) is 5.93. The van der Waals surface area contributed by atoms with Crippen LogP contribution in [0.4, 0.5) is 10.2 Å². The van der Waals surface area contributed by atoms with Gasteiger partial charge in [-0.3, -0.25) is 4.79 Å². The molecule has 1 N–H and O–H groups in total. The Morgan fingerprint density at radius 1 is 1.39 bits per heavy atom. The van der Waals surface area contributed by atoms with Gasteiger partial charge in [-0.05, 0) is 17.7 Å². The molecule has 0 spiro atoms. The number of nitrogens with zero attached hydrogens (tertiary/aromatic N) is 2. The predicted molar refractivity (Wildman–Crippen MR) is 83.5 cm³/mol. The molecule has 6 nitrogen and oxygen atoms in total. The van der Waals surface area contributed by atoms with Gasteiger partial charge in [-0.25, -0.2) is 17.5 Å². The van der Waals surface area contributed by atoms with Crippen molar-refractivity contribution in [3.8, 4) is 0 Å². The van der Waals surface area contributed by atoms with Crippen molar-refractivity contribution in [2.75, 3.05) is 16.8 Å². The number of hydrogen-bond donors (Lipinski definition) is 1. The largest absolute Gasteiger partial charge is 0.311 e. The maximum atomic E-state index is 13.5. The van der Waals surface area contributed by atoms with Gasteiger partial charge in [0.05, 0.1) is 35.2 Å². The van der Waals surface area contributed by atoms with E-state index in [0.717, 1.165) is 0 Å². The van der Waals surface area contributed by atoms with E-state index >= 15 is 0 Å². The number of rotatable bonds is 4. The second-order valence-corrected chi connectivity index (χ2v) is 7.95. The van der Waals surface area contributed by atoms with Crippen molar-refractivity contribution >= 4 is 33.2 Å². The lowest BCUT2D eigenvalue weighted by Gasteiger charge is -2.24. The van der Waals surface area contributed by atoms with E-state index in [2.05, 4.69) is 10.4 Å². The fourth-order valence-corrected chi connectivity index (χ4v) is 3.87. The van der Waals surface area contributed by atoms with Gasteiger partial charge in [-0.2, -0.15) is 5.10 Å². The summed E-state index contributed by atoms with van der Waals surface area (Å²) in [5.74, 6) is -1.25. The van der Waals surface area contributed by atoms with Crippen LogP contribution in [0.3, 0.4) is 0 Å². The van der Waals surface area contributed by atoms with Gasteiger partial charge in [0.25, 0.3) is 0 Å². The smallest absolute Gasteiger partial charge is 0.230 e. The molecule has 0 atom stereocenters. The molecule has 1 aromatic carbocycles. The number of carbonyl (C=O) groups is 1. The Morgan fingerprint density at radius 3 is 2.78 bits per heavy atom. The van der Waals surface area contributed by atoms with Crippen molar-refractivity contribution in [1.82, 2.24) is 9.78 Å². The van der Waals surface area contributed by atoms with Crippen LogP contribution in [0.1, 0.15) is 5.56 Å². The summed E-state index contributed by atoms with van der Waals surface area (Å²) in [6.45, 7) is 0.250. The highest BCUT2D eigenvalue weighted by atomic mass is 35.5. The van der Waals surface area contributed by atoms with E-state index < -0.39 is 21.6 Å². The third-order valence-corrected chi connectivity index (χ3v) is 5.69. The monoisotopic (exact) mass is 357 g/mol. The summed E-state index contributed by atoms with van der Waals surface area (Å²) >= 11 is 5.64. The lowest BCUT2D eigenvalue weighted by molar-refractivity contribution is -0.119. The van der Waals surface area contributed by atoms with Gasteiger partial charge in [0.15, 0.2) is 9.84 Å². The van der Waals surface area contributed by atoms with Crippen LogP contribution in [-0.2, 0) is 21.2 Å². The fourth-order valence-electron chi connectivity index (χ4n) is 2.32. The maximum Gasteiger partial charge on any atom is 0.230 e. The van der Waals surface area contributed by atoms with Gasteiger partial charge < -0.3 is 5.32 Å². The van der Waals surface area contributed by atoms with Crippen LogP contribution >= 0.6 is 11.6 Å². The van der Waals surface area contributed by atoms with Crippen molar-refractivity contribution in [3.63, 3.8) is 0 Å². The first-order chi connectivity index (χ1) is 10.8. The Labute approximate surface area is 137 Å². The van der Waals surface area contributed by atoms with Gasteiger partial charge in [-0.15, -0.1) is 0 Å². The standard InChI is InChI=1S/C14H13ClFN3O3S/c15-11-2-1-9(5-12(11)16)6-19-13(3-4-17-19)18-14(20)10-7-23(21,22)8-10/h1-5,10H,6-8H2,(H,18,20). The number of aromatic nitrogens is 2. The van der Waals surface area contributed by atoms with Crippen molar-refractivity contribution in [3.05, 3.63) is 46.9 Å². The third-order valence-electron chi connectivity index (χ3n) is 3.57. The van der Waals surface area contributed by atoms with Crippen LogP contribution < -0.4 is 5.32 Å². The average Bonchev–Trinajstić information content (AvgIpc) is 2.87. The van der Waals surface area contributed by atoms with Crippen molar-refractivity contribution < 1.29 is 17.6 Å². The van der Waals surface area contributed by atoms with E-state index in [1.54, 1.807) is 12.1 Å². The predicted octanol–water partition coefficient (Wildman–Crippen LogP) is 1.71. The minimum atomic E-state index is -3.06.